The molecule has 2 aromatic carbocycles. The van der Waals surface area contributed by atoms with E-state index in [9.17, 15) is 13.6 Å². The van der Waals surface area contributed by atoms with Crippen molar-refractivity contribution < 1.29 is 13.6 Å². The summed E-state index contributed by atoms with van der Waals surface area (Å²) < 4.78 is 26.1. The number of pyridine rings is 1. The fourth-order valence-electron chi connectivity index (χ4n) is 2.31. The second kappa shape index (κ2) is 7.74. The number of hydrogen-bond acceptors (Lipinski definition) is 3. The first-order valence-corrected chi connectivity index (χ1v) is 8.03. The molecule has 6 heteroatoms. The Labute approximate surface area is 149 Å². The lowest BCUT2D eigenvalue weighted by molar-refractivity contribution is 0.0950. The van der Waals surface area contributed by atoms with Crippen LogP contribution < -0.4 is 10.6 Å². The van der Waals surface area contributed by atoms with E-state index in [0.717, 1.165) is 23.3 Å². The van der Waals surface area contributed by atoms with Gasteiger partial charge < -0.3 is 10.6 Å². The van der Waals surface area contributed by atoms with Crippen LogP contribution in [0.2, 0.25) is 0 Å². The van der Waals surface area contributed by atoms with Crippen LogP contribution in [-0.2, 0) is 6.54 Å². The summed E-state index contributed by atoms with van der Waals surface area (Å²) in [4.78, 5) is 16.3. The van der Waals surface area contributed by atoms with Gasteiger partial charge in [-0.1, -0.05) is 29.8 Å². The summed E-state index contributed by atoms with van der Waals surface area (Å²) >= 11 is 0. The molecule has 0 bridgehead atoms. The van der Waals surface area contributed by atoms with Crippen LogP contribution in [0.15, 0.2) is 60.8 Å². The molecule has 1 heterocycles. The minimum atomic E-state index is -0.942. The summed E-state index contributed by atoms with van der Waals surface area (Å²) in [6.45, 7) is 2.43. The highest BCUT2D eigenvalue weighted by Gasteiger charge is 2.07. The number of carbonyl (C=O) groups excluding carboxylic acids is 1. The number of aromatic nitrogens is 1. The summed E-state index contributed by atoms with van der Waals surface area (Å²) in [6.07, 6.45) is 1.42. The predicted octanol–water partition coefficient (Wildman–Crippen LogP) is 4.34. The zero-order chi connectivity index (χ0) is 18.5. The number of rotatable bonds is 5. The molecular weight excluding hydrogens is 336 g/mol. The minimum absolute atomic E-state index is 0.238. The summed E-state index contributed by atoms with van der Waals surface area (Å²) in [5.74, 6) is -1.67. The van der Waals surface area contributed by atoms with Gasteiger partial charge >= 0.3 is 0 Å². The third-order valence-electron chi connectivity index (χ3n) is 3.79. The topological polar surface area (TPSA) is 54.0 Å². The van der Waals surface area contributed by atoms with E-state index in [-0.39, 0.29) is 5.91 Å². The van der Waals surface area contributed by atoms with E-state index in [4.69, 9.17) is 0 Å². The van der Waals surface area contributed by atoms with E-state index in [1.807, 2.05) is 31.2 Å². The van der Waals surface area contributed by atoms with Crippen molar-refractivity contribution in [3.05, 3.63) is 89.1 Å². The molecule has 0 spiro atoms. The van der Waals surface area contributed by atoms with Gasteiger partial charge in [-0.15, -0.1) is 0 Å². The maximum atomic E-state index is 13.2. The van der Waals surface area contributed by atoms with Gasteiger partial charge in [-0.25, -0.2) is 13.8 Å². The lowest BCUT2D eigenvalue weighted by atomic mass is 10.1. The molecule has 0 saturated heterocycles. The molecule has 2 N–H and O–H groups in total. The lowest BCUT2D eigenvalue weighted by Gasteiger charge is -2.08. The standard InChI is InChI=1S/C20H17F2N3O/c1-13-2-4-14(5-3-13)11-24-20(26)15-6-9-19(23-12-15)25-16-7-8-17(21)18(22)10-16/h2-10,12H,11H2,1H3,(H,23,25)(H,24,26). The van der Waals surface area contributed by atoms with Crippen LogP contribution in [0, 0.1) is 18.6 Å². The van der Waals surface area contributed by atoms with Crippen LogP contribution in [-0.4, -0.2) is 10.9 Å². The molecule has 26 heavy (non-hydrogen) atoms. The average molecular weight is 353 g/mol. The lowest BCUT2D eigenvalue weighted by Crippen LogP contribution is -2.22. The summed E-state index contributed by atoms with van der Waals surface area (Å²) in [6, 6.07) is 14.6. The van der Waals surface area contributed by atoms with Gasteiger partial charge in [0.1, 0.15) is 5.82 Å². The Morgan fingerprint density at radius 3 is 2.42 bits per heavy atom. The first-order chi connectivity index (χ1) is 12.5. The number of nitrogens with one attached hydrogen (secondary N) is 2. The molecule has 3 rings (SSSR count). The third-order valence-corrected chi connectivity index (χ3v) is 3.79. The molecule has 0 aliphatic carbocycles. The molecule has 1 aromatic heterocycles. The van der Waals surface area contributed by atoms with Crippen LogP contribution in [0.5, 0.6) is 0 Å². The van der Waals surface area contributed by atoms with Gasteiger partial charge in [0, 0.05) is 24.5 Å². The van der Waals surface area contributed by atoms with Crippen molar-refractivity contribution in [2.24, 2.45) is 0 Å². The molecule has 0 saturated carbocycles. The maximum Gasteiger partial charge on any atom is 0.253 e. The van der Waals surface area contributed by atoms with Crippen LogP contribution >= 0.6 is 0 Å². The molecule has 0 atom stereocenters. The summed E-state index contributed by atoms with van der Waals surface area (Å²) in [5, 5.41) is 5.68. The first-order valence-electron chi connectivity index (χ1n) is 8.03. The molecule has 4 nitrogen and oxygen atoms in total. The van der Waals surface area contributed by atoms with Crippen LogP contribution in [0.4, 0.5) is 20.3 Å². The molecule has 1 amide bonds. The highest BCUT2D eigenvalue weighted by Crippen LogP contribution is 2.17. The fraction of sp³-hybridized carbons (Fsp3) is 0.100. The third kappa shape index (κ3) is 4.42. The minimum Gasteiger partial charge on any atom is -0.348 e. The number of aryl methyl sites for hydroxylation is 1. The Balaban J connectivity index is 1.60. The smallest absolute Gasteiger partial charge is 0.253 e. The van der Waals surface area contributed by atoms with Crippen molar-refractivity contribution >= 4 is 17.4 Å². The molecule has 0 radical (unpaired) electrons. The Morgan fingerprint density at radius 1 is 1.00 bits per heavy atom. The van der Waals surface area contributed by atoms with E-state index in [1.165, 1.54) is 12.3 Å². The zero-order valence-electron chi connectivity index (χ0n) is 14.1. The second-order valence-electron chi connectivity index (χ2n) is 5.85. The number of anilines is 2. The summed E-state index contributed by atoms with van der Waals surface area (Å²) in [7, 11) is 0. The Kier molecular flexibility index (Phi) is 5.22. The molecule has 0 aliphatic rings. The maximum absolute atomic E-state index is 13.2. The van der Waals surface area contributed by atoms with Gasteiger partial charge in [-0.3, -0.25) is 4.79 Å². The Hall–Kier alpha value is -3.28. The van der Waals surface area contributed by atoms with E-state index in [0.29, 0.717) is 23.6 Å². The van der Waals surface area contributed by atoms with Crippen molar-refractivity contribution in [2.45, 2.75) is 13.5 Å². The highest BCUT2D eigenvalue weighted by atomic mass is 19.2. The first kappa shape index (κ1) is 17.5. The molecule has 132 valence electrons. The summed E-state index contributed by atoms with van der Waals surface area (Å²) in [5.41, 5.74) is 2.95. The van der Waals surface area contributed by atoms with Crippen molar-refractivity contribution in [1.29, 1.82) is 0 Å². The Morgan fingerprint density at radius 2 is 1.77 bits per heavy atom. The monoisotopic (exact) mass is 353 g/mol. The number of halogens is 2. The largest absolute Gasteiger partial charge is 0.348 e. The average Bonchev–Trinajstić information content (AvgIpc) is 2.65. The van der Waals surface area contributed by atoms with E-state index in [2.05, 4.69) is 15.6 Å². The van der Waals surface area contributed by atoms with Crippen molar-refractivity contribution in [2.75, 3.05) is 5.32 Å². The molecule has 3 aromatic rings. The quantitative estimate of drug-likeness (QED) is 0.717. The second-order valence-corrected chi connectivity index (χ2v) is 5.85. The number of benzene rings is 2. The molecule has 0 fully saturated rings. The number of carbonyl (C=O) groups is 1. The normalized spacial score (nSPS) is 10.4. The van der Waals surface area contributed by atoms with E-state index >= 15 is 0 Å². The van der Waals surface area contributed by atoms with Gasteiger partial charge in [0.05, 0.1) is 5.56 Å². The highest BCUT2D eigenvalue weighted by molar-refractivity contribution is 5.94. The number of amides is 1. The Bertz CT molecular complexity index is 909. The van der Waals surface area contributed by atoms with Gasteiger partial charge in [-0.2, -0.15) is 0 Å². The number of hydrogen-bond donors (Lipinski definition) is 2. The van der Waals surface area contributed by atoms with Crippen LogP contribution in [0.3, 0.4) is 0 Å². The molecular formula is C20H17F2N3O. The van der Waals surface area contributed by atoms with Crippen LogP contribution in [0.25, 0.3) is 0 Å². The molecule has 0 unspecified atom stereocenters. The van der Waals surface area contributed by atoms with Gasteiger partial charge in [0.2, 0.25) is 0 Å². The van der Waals surface area contributed by atoms with Gasteiger partial charge in [-0.05, 0) is 36.8 Å². The molecule has 0 aliphatic heterocycles. The predicted molar refractivity (Wildman–Crippen MR) is 96.2 cm³/mol. The van der Waals surface area contributed by atoms with Crippen molar-refractivity contribution in [1.82, 2.24) is 10.3 Å². The fourth-order valence-corrected chi connectivity index (χ4v) is 2.31. The van der Waals surface area contributed by atoms with E-state index < -0.39 is 11.6 Å². The zero-order valence-corrected chi connectivity index (χ0v) is 14.1. The van der Waals surface area contributed by atoms with Crippen molar-refractivity contribution in [3.8, 4) is 0 Å². The van der Waals surface area contributed by atoms with E-state index in [1.54, 1.807) is 12.1 Å². The number of nitrogens with zero attached hydrogens (tertiary/aromatic N) is 1. The SMILES string of the molecule is Cc1ccc(CNC(=O)c2ccc(Nc3ccc(F)c(F)c3)nc2)cc1. The van der Waals surface area contributed by atoms with Crippen molar-refractivity contribution in [3.63, 3.8) is 0 Å². The van der Waals surface area contributed by atoms with Gasteiger partial charge in [0.15, 0.2) is 11.6 Å². The van der Waals surface area contributed by atoms with Gasteiger partial charge in [0.25, 0.3) is 5.91 Å². The van der Waals surface area contributed by atoms with Crippen LogP contribution in [0.1, 0.15) is 21.5 Å².